The van der Waals surface area contributed by atoms with Crippen LogP contribution in [-0.4, -0.2) is 129 Å². The van der Waals surface area contributed by atoms with Crippen LogP contribution in [0.5, 0.6) is 11.5 Å². The number of aromatic amines is 2. The molecule has 1 saturated heterocycles. The standard InChI is InChI=1S/C22H28Cl2N2O14/c23-5-1-25-20(37)10(12(5)30)9(11-13(31)6(24)2-26-21(11)38)15(33)17(35)19(7(29)3-27)40-22-18(36)16(34)14(32)8(4-28)39-22/h1-2,7-9,14-19,22,27-29,32-36H,3-4H2,(H2,25,30,37)(H2,26,31,38)/t7-,8+,14-,15+,16-,17+,18+,19+,22-/m0/s1. The first-order valence-corrected chi connectivity index (χ1v) is 12.3. The Kier molecular flexibility index (Phi) is 10.6. The number of H-pyrrole nitrogens is 2. The monoisotopic (exact) mass is 614 g/mol. The van der Waals surface area contributed by atoms with Crippen LogP contribution in [0.4, 0.5) is 0 Å². The number of pyridine rings is 2. The number of hydrogen-bond acceptors (Lipinski definition) is 14. The Morgan fingerprint density at radius 3 is 1.80 bits per heavy atom. The summed E-state index contributed by atoms with van der Waals surface area (Å²) in [5.74, 6) is -4.06. The van der Waals surface area contributed by atoms with Gasteiger partial charge in [0.1, 0.15) is 54.2 Å². The smallest absolute Gasteiger partial charge is 0.255 e. The highest BCUT2D eigenvalue weighted by Gasteiger charge is 2.48. The molecule has 18 heteroatoms. The van der Waals surface area contributed by atoms with Gasteiger partial charge in [-0.25, -0.2) is 0 Å². The van der Waals surface area contributed by atoms with Crippen molar-refractivity contribution in [2.75, 3.05) is 13.2 Å². The van der Waals surface area contributed by atoms with Crippen molar-refractivity contribution in [2.45, 2.75) is 61.0 Å². The minimum Gasteiger partial charge on any atom is -0.506 e. The Balaban J connectivity index is 2.13. The molecule has 0 saturated carbocycles. The third kappa shape index (κ3) is 6.13. The molecule has 3 rings (SSSR count). The van der Waals surface area contributed by atoms with Gasteiger partial charge < -0.3 is 70.5 Å². The summed E-state index contributed by atoms with van der Waals surface area (Å²) in [6.07, 6.45) is -16.6. The molecule has 0 spiro atoms. The molecule has 2 aromatic heterocycles. The highest BCUT2D eigenvalue weighted by Crippen LogP contribution is 2.40. The minimum absolute atomic E-state index is 0.469. The summed E-state index contributed by atoms with van der Waals surface area (Å²) >= 11 is 11.8. The van der Waals surface area contributed by atoms with E-state index in [0.717, 1.165) is 12.4 Å². The molecule has 1 aliphatic rings. The van der Waals surface area contributed by atoms with Crippen molar-refractivity contribution in [1.29, 1.82) is 0 Å². The topological polar surface area (TPSA) is 286 Å². The first-order chi connectivity index (χ1) is 18.8. The van der Waals surface area contributed by atoms with Crippen LogP contribution in [0.2, 0.25) is 10.0 Å². The maximum atomic E-state index is 12.8. The highest BCUT2D eigenvalue weighted by molar-refractivity contribution is 6.32. The Morgan fingerprint density at radius 2 is 1.35 bits per heavy atom. The average molecular weight is 615 g/mol. The minimum atomic E-state index is -2.45. The van der Waals surface area contributed by atoms with Gasteiger partial charge in [-0.05, 0) is 0 Å². The number of aromatic hydroxyl groups is 2. The van der Waals surface area contributed by atoms with Gasteiger partial charge in [0.25, 0.3) is 11.1 Å². The molecule has 16 nitrogen and oxygen atoms in total. The molecule has 3 heterocycles. The quantitative estimate of drug-likeness (QED) is 0.122. The van der Waals surface area contributed by atoms with Crippen LogP contribution < -0.4 is 11.1 Å². The molecule has 0 aromatic carbocycles. The number of halogens is 2. The van der Waals surface area contributed by atoms with E-state index in [4.69, 9.17) is 32.7 Å². The lowest BCUT2D eigenvalue weighted by Gasteiger charge is -2.42. The van der Waals surface area contributed by atoms with Gasteiger partial charge in [-0.2, -0.15) is 0 Å². The number of nitrogens with one attached hydrogen (secondary N) is 2. The summed E-state index contributed by atoms with van der Waals surface area (Å²) in [7, 11) is 0. The zero-order valence-electron chi connectivity index (χ0n) is 20.2. The van der Waals surface area contributed by atoms with Crippen molar-refractivity contribution in [3.05, 3.63) is 54.3 Å². The molecule has 0 aliphatic carbocycles. The molecule has 9 atom stereocenters. The second kappa shape index (κ2) is 13.1. The fraction of sp³-hybridized carbons (Fsp3) is 0.545. The van der Waals surface area contributed by atoms with E-state index >= 15 is 0 Å². The third-order valence-electron chi connectivity index (χ3n) is 6.47. The van der Waals surface area contributed by atoms with E-state index < -0.39 is 118 Å². The van der Waals surface area contributed by atoms with E-state index in [9.17, 15) is 60.7 Å². The number of aromatic nitrogens is 2. The second-order valence-corrected chi connectivity index (χ2v) is 9.78. The molecule has 0 radical (unpaired) electrons. The molecule has 0 unspecified atom stereocenters. The summed E-state index contributed by atoms with van der Waals surface area (Å²) in [5.41, 5.74) is -3.92. The predicted octanol–water partition coefficient (Wildman–Crippen LogP) is -3.83. The summed E-state index contributed by atoms with van der Waals surface area (Å²) in [6, 6.07) is 0. The van der Waals surface area contributed by atoms with Gasteiger partial charge >= 0.3 is 0 Å². The van der Waals surface area contributed by atoms with E-state index in [1.165, 1.54) is 0 Å². The molecule has 12 N–H and O–H groups in total. The van der Waals surface area contributed by atoms with E-state index in [1.54, 1.807) is 0 Å². The number of hydrogen-bond donors (Lipinski definition) is 12. The van der Waals surface area contributed by atoms with Crippen molar-refractivity contribution in [3.63, 3.8) is 0 Å². The van der Waals surface area contributed by atoms with Crippen LogP contribution in [0, 0.1) is 0 Å². The molecule has 1 fully saturated rings. The van der Waals surface area contributed by atoms with Gasteiger partial charge in [-0.15, -0.1) is 0 Å². The average Bonchev–Trinajstić information content (AvgIpc) is 2.93. The number of ether oxygens (including phenoxy) is 2. The van der Waals surface area contributed by atoms with E-state index in [-0.39, 0.29) is 0 Å². The molecular formula is C22H28Cl2N2O14. The van der Waals surface area contributed by atoms with Gasteiger partial charge in [0.2, 0.25) is 0 Å². The van der Waals surface area contributed by atoms with Crippen LogP contribution in [0.1, 0.15) is 17.0 Å². The van der Waals surface area contributed by atoms with E-state index in [2.05, 4.69) is 9.97 Å². The fourth-order valence-corrected chi connectivity index (χ4v) is 4.63. The predicted molar refractivity (Wildman–Crippen MR) is 133 cm³/mol. The molecule has 224 valence electrons. The van der Waals surface area contributed by atoms with E-state index in [0.29, 0.717) is 0 Å². The van der Waals surface area contributed by atoms with Gasteiger partial charge in [0.15, 0.2) is 6.29 Å². The van der Waals surface area contributed by atoms with Crippen molar-refractivity contribution in [2.24, 2.45) is 0 Å². The van der Waals surface area contributed by atoms with Gasteiger partial charge in [-0.1, -0.05) is 23.2 Å². The second-order valence-electron chi connectivity index (χ2n) is 8.96. The summed E-state index contributed by atoms with van der Waals surface area (Å²) in [5, 5.41) is 102. The molecule has 2 aromatic rings. The SMILES string of the molecule is O=c1[nH]cc(Cl)c(O)c1C(c1c(O)c(Cl)c[nH]c1=O)[C@@H](O)[C@@H](O)[C@H](O[C@@H]1O[C@H](CO)[C@H](O)[C@H](O)[C@H]1O)[C@@H](O)CO. The molecular weight excluding hydrogens is 587 g/mol. The summed E-state index contributed by atoms with van der Waals surface area (Å²) in [6.45, 7) is -2.00. The maximum Gasteiger partial charge on any atom is 0.255 e. The number of rotatable bonds is 10. The zero-order valence-corrected chi connectivity index (χ0v) is 21.7. The van der Waals surface area contributed by atoms with Crippen LogP contribution in [0.25, 0.3) is 0 Å². The highest BCUT2D eigenvalue weighted by atomic mass is 35.5. The Bertz CT molecular complexity index is 1220. The Labute approximate surface area is 233 Å². The number of aliphatic hydroxyl groups is 8. The largest absolute Gasteiger partial charge is 0.506 e. The maximum absolute atomic E-state index is 12.8. The van der Waals surface area contributed by atoms with Gasteiger partial charge in [0.05, 0.1) is 46.4 Å². The van der Waals surface area contributed by atoms with Gasteiger partial charge in [-0.3, -0.25) is 9.59 Å². The Morgan fingerprint density at radius 1 is 0.850 bits per heavy atom. The summed E-state index contributed by atoms with van der Waals surface area (Å²) in [4.78, 5) is 29.8. The van der Waals surface area contributed by atoms with Crippen molar-refractivity contribution in [1.82, 2.24) is 9.97 Å². The lowest BCUT2D eigenvalue weighted by molar-refractivity contribution is -0.327. The normalized spacial score (nSPS) is 26.4. The summed E-state index contributed by atoms with van der Waals surface area (Å²) < 4.78 is 10.5. The van der Waals surface area contributed by atoms with Crippen molar-refractivity contribution in [3.8, 4) is 11.5 Å². The fourth-order valence-electron chi connectivity index (χ4n) is 4.31. The van der Waals surface area contributed by atoms with E-state index in [1.807, 2.05) is 0 Å². The Hall–Kier alpha value is -2.32. The lowest BCUT2D eigenvalue weighted by Crippen LogP contribution is -2.61. The zero-order chi connectivity index (χ0) is 30.0. The molecule has 1 aliphatic heterocycles. The van der Waals surface area contributed by atoms with Gasteiger partial charge in [0, 0.05) is 12.4 Å². The molecule has 0 bridgehead atoms. The molecule has 40 heavy (non-hydrogen) atoms. The van der Waals surface area contributed by atoms with Crippen molar-refractivity contribution >= 4 is 23.2 Å². The first kappa shape index (κ1) is 32.2. The third-order valence-corrected chi connectivity index (χ3v) is 7.04. The lowest BCUT2D eigenvalue weighted by atomic mass is 9.82. The molecule has 0 amide bonds. The van der Waals surface area contributed by atoms with Crippen LogP contribution in [0.3, 0.4) is 0 Å². The van der Waals surface area contributed by atoms with Crippen LogP contribution in [-0.2, 0) is 9.47 Å². The number of aliphatic hydroxyl groups excluding tert-OH is 8. The first-order valence-electron chi connectivity index (χ1n) is 11.6. The van der Waals surface area contributed by atoms with Crippen molar-refractivity contribution < 1.29 is 60.5 Å². The van der Waals surface area contributed by atoms with Crippen LogP contribution in [0.15, 0.2) is 22.0 Å². The van der Waals surface area contributed by atoms with Crippen LogP contribution >= 0.6 is 23.2 Å².